The Hall–Kier alpha value is -1.88. The van der Waals surface area contributed by atoms with Crippen LogP contribution in [0.25, 0.3) is 0 Å². The van der Waals surface area contributed by atoms with Crippen molar-refractivity contribution in [2.24, 2.45) is 5.84 Å². The van der Waals surface area contributed by atoms with E-state index in [4.69, 9.17) is 10.4 Å². The number of hydrogen-bond acceptors (Lipinski definition) is 5. The Labute approximate surface area is 93.6 Å². The van der Waals surface area contributed by atoms with Crippen LogP contribution in [0.1, 0.15) is 25.2 Å². The molecule has 0 aliphatic rings. The number of nitrogens with one attached hydrogen (secondary N) is 1. The Balaban J connectivity index is 2.38. The highest BCUT2D eigenvalue weighted by Crippen LogP contribution is 2.29. The molecule has 2 rings (SSSR count). The quantitative estimate of drug-likeness (QED) is 0.605. The van der Waals surface area contributed by atoms with Gasteiger partial charge in [-0.05, 0) is 19.4 Å². The van der Waals surface area contributed by atoms with Gasteiger partial charge in [0.1, 0.15) is 0 Å². The molecule has 16 heavy (non-hydrogen) atoms. The first-order chi connectivity index (χ1) is 7.64. The second-order valence-electron chi connectivity index (χ2n) is 4.06. The average molecular weight is 218 g/mol. The van der Waals surface area contributed by atoms with Crippen molar-refractivity contribution < 1.29 is 4.52 Å². The van der Waals surface area contributed by atoms with Gasteiger partial charge in [0, 0.05) is 0 Å². The van der Waals surface area contributed by atoms with Crippen molar-refractivity contribution in [2.45, 2.75) is 19.3 Å². The molecule has 1 aromatic heterocycles. The Morgan fingerprint density at radius 3 is 2.50 bits per heavy atom. The van der Waals surface area contributed by atoms with Crippen molar-refractivity contribution in [3.63, 3.8) is 0 Å². The lowest BCUT2D eigenvalue weighted by molar-refractivity contribution is 0.408. The summed E-state index contributed by atoms with van der Waals surface area (Å²) in [6, 6.07) is 10.2. The van der Waals surface area contributed by atoms with E-state index in [1.165, 1.54) is 0 Å². The van der Waals surface area contributed by atoms with Gasteiger partial charge in [0.15, 0.2) is 5.82 Å². The predicted octanol–water partition coefficient (Wildman–Crippen LogP) is 1.68. The number of nitrogen functional groups attached to an aromatic ring is 1. The summed E-state index contributed by atoms with van der Waals surface area (Å²) in [4.78, 5) is 4.16. The van der Waals surface area contributed by atoms with Crippen LogP contribution in [0.5, 0.6) is 0 Å². The average Bonchev–Trinajstić information content (AvgIpc) is 2.79. The molecule has 0 amide bonds. The number of hydrazine groups is 1. The van der Waals surface area contributed by atoms with Gasteiger partial charge in [-0.1, -0.05) is 35.5 Å². The minimum atomic E-state index is -0.306. The standard InChI is InChI=1S/C11H14N4O/c1-11(2,8-6-4-3-5-7-8)9-13-10(14-12)16-15-9/h3-7H,12H2,1-2H3,(H,13,14,15). The van der Waals surface area contributed by atoms with Gasteiger partial charge in [-0.15, -0.1) is 0 Å². The first kappa shape index (κ1) is 10.6. The molecule has 3 N–H and O–H groups in total. The van der Waals surface area contributed by atoms with E-state index < -0.39 is 0 Å². The fraction of sp³-hybridized carbons (Fsp3) is 0.273. The SMILES string of the molecule is CC(C)(c1ccccc1)c1noc(NN)n1. The summed E-state index contributed by atoms with van der Waals surface area (Å²) in [6.07, 6.45) is 0. The predicted molar refractivity (Wildman–Crippen MR) is 60.7 cm³/mol. The lowest BCUT2D eigenvalue weighted by atomic mass is 9.84. The maximum atomic E-state index is 5.20. The Morgan fingerprint density at radius 2 is 1.94 bits per heavy atom. The molecule has 0 spiro atoms. The van der Waals surface area contributed by atoms with E-state index in [0.29, 0.717) is 5.82 Å². The monoisotopic (exact) mass is 218 g/mol. The fourth-order valence-electron chi connectivity index (χ4n) is 1.52. The molecule has 0 aliphatic carbocycles. The smallest absolute Gasteiger partial charge is 0.314 e. The van der Waals surface area contributed by atoms with Crippen molar-refractivity contribution in [3.8, 4) is 0 Å². The van der Waals surface area contributed by atoms with E-state index in [1.807, 2.05) is 44.2 Å². The topological polar surface area (TPSA) is 77.0 Å². The van der Waals surface area contributed by atoms with Crippen LogP contribution in [0.3, 0.4) is 0 Å². The van der Waals surface area contributed by atoms with Gasteiger partial charge < -0.3 is 4.52 Å². The molecule has 0 radical (unpaired) electrons. The van der Waals surface area contributed by atoms with Crippen molar-refractivity contribution in [1.29, 1.82) is 0 Å². The molecule has 1 heterocycles. The Morgan fingerprint density at radius 1 is 1.25 bits per heavy atom. The van der Waals surface area contributed by atoms with Gasteiger partial charge in [-0.3, -0.25) is 5.43 Å². The van der Waals surface area contributed by atoms with Crippen LogP contribution in [0, 0.1) is 0 Å². The number of anilines is 1. The summed E-state index contributed by atoms with van der Waals surface area (Å²) in [5.74, 6) is 5.80. The maximum Gasteiger partial charge on any atom is 0.335 e. The molecule has 1 aromatic carbocycles. The van der Waals surface area contributed by atoms with Crippen molar-refractivity contribution in [3.05, 3.63) is 41.7 Å². The summed E-state index contributed by atoms with van der Waals surface area (Å²) >= 11 is 0. The second-order valence-corrected chi connectivity index (χ2v) is 4.06. The summed E-state index contributed by atoms with van der Waals surface area (Å²) in [5.41, 5.74) is 3.15. The second kappa shape index (κ2) is 3.94. The van der Waals surface area contributed by atoms with E-state index in [-0.39, 0.29) is 11.4 Å². The van der Waals surface area contributed by atoms with E-state index in [2.05, 4.69) is 15.6 Å². The highest BCUT2D eigenvalue weighted by atomic mass is 16.5. The molecule has 0 unspecified atom stereocenters. The lowest BCUT2D eigenvalue weighted by Gasteiger charge is -2.20. The van der Waals surface area contributed by atoms with E-state index >= 15 is 0 Å². The number of nitrogens with zero attached hydrogens (tertiary/aromatic N) is 2. The zero-order valence-electron chi connectivity index (χ0n) is 9.27. The van der Waals surface area contributed by atoms with E-state index in [0.717, 1.165) is 5.56 Å². The van der Waals surface area contributed by atoms with Crippen molar-refractivity contribution in [2.75, 3.05) is 5.43 Å². The van der Waals surface area contributed by atoms with Crippen molar-refractivity contribution >= 4 is 6.01 Å². The van der Waals surface area contributed by atoms with Gasteiger partial charge >= 0.3 is 6.01 Å². The van der Waals surface area contributed by atoms with Crippen LogP contribution in [0.2, 0.25) is 0 Å². The molecule has 2 aromatic rings. The Bertz CT molecular complexity index is 464. The number of nitrogens with two attached hydrogens (primary N) is 1. The summed E-state index contributed by atoms with van der Waals surface area (Å²) in [6.45, 7) is 4.07. The molecule has 84 valence electrons. The van der Waals surface area contributed by atoms with Crippen LogP contribution < -0.4 is 11.3 Å². The third-order valence-corrected chi connectivity index (χ3v) is 2.60. The van der Waals surface area contributed by atoms with Crippen LogP contribution in [-0.4, -0.2) is 10.1 Å². The number of benzene rings is 1. The van der Waals surface area contributed by atoms with Gasteiger partial charge in [0.2, 0.25) is 0 Å². The minimum absolute atomic E-state index is 0.221. The lowest BCUT2D eigenvalue weighted by Crippen LogP contribution is -2.20. The van der Waals surface area contributed by atoms with Gasteiger partial charge in [-0.25, -0.2) is 5.84 Å². The van der Waals surface area contributed by atoms with Gasteiger partial charge in [-0.2, -0.15) is 4.98 Å². The highest BCUT2D eigenvalue weighted by Gasteiger charge is 2.28. The molecule has 0 saturated heterocycles. The van der Waals surface area contributed by atoms with E-state index in [1.54, 1.807) is 0 Å². The Kier molecular flexibility index (Phi) is 2.62. The summed E-state index contributed by atoms with van der Waals surface area (Å²) < 4.78 is 4.92. The normalized spacial score (nSPS) is 11.4. The first-order valence-electron chi connectivity index (χ1n) is 5.01. The molecule has 0 saturated carbocycles. The van der Waals surface area contributed by atoms with Crippen LogP contribution >= 0.6 is 0 Å². The highest BCUT2D eigenvalue weighted by molar-refractivity contribution is 5.31. The molecule has 5 nitrogen and oxygen atoms in total. The van der Waals surface area contributed by atoms with Crippen LogP contribution in [0.4, 0.5) is 6.01 Å². The zero-order chi connectivity index (χ0) is 11.6. The number of rotatable bonds is 3. The minimum Gasteiger partial charge on any atom is -0.314 e. The molecule has 5 heteroatoms. The zero-order valence-corrected chi connectivity index (χ0v) is 9.27. The van der Waals surface area contributed by atoms with Gasteiger partial charge in [0.25, 0.3) is 0 Å². The molecule has 0 atom stereocenters. The summed E-state index contributed by atoms with van der Waals surface area (Å²) in [7, 11) is 0. The summed E-state index contributed by atoms with van der Waals surface area (Å²) in [5, 5.41) is 3.91. The number of aromatic nitrogens is 2. The van der Waals surface area contributed by atoms with Crippen LogP contribution in [-0.2, 0) is 5.41 Å². The fourth-order valence-corrected chi connectivity index (χ4v) is 1.52. The molecular weight excluding hydrogens is 204 g/mol. The van der Waals surface area contributed by atoms with Crippen molar-refractivity contribution in [1.82, 2.24) is 10.1 Å². The van der Waals surface area contributed by atoms with Crippen LogP contribution in [0.15, 0.2) is 34.9 Å². The molecular formula is C11H14N4O. The maximum absolute atomic E-state index is 5.20. The largest absolute Gasteiger partial charge is 0.335 e. The first-order valence-corrected chi connectivity index (χ1v) is 5.01. The number of hydrogen-bond donors (Lipinski definition) is 2. The third-order valence-electron chi connectivity index (χ3n) is 2.60. The third kappa shape index (κ3) is 1.77. The molecule has 0 aliphatic heterocycles. The molecule has 0 fully saturated rings. The molecule has 0 bridgehead atoms. The van der Waals surface area contributed by atoms with E-state index in [9.17, 15) is 0 Å². The van der Waals surface area contributed by atoms with Gasteiger partial charge in [0.05, 0.1) is 5.41 Å².